The summed E-state index contributed by atoms with van der Waals surface area (Å²) in [6.45, 7) is 1.95. The first-order chi connectivity index (χ1) is 7.34. The van der Waals surface area contributed by atoms with E-state index in [-0.39, 0.29) is 0 Å². The molecule has 2 aromatic rings. The third-order valence-corrected chi connectivity index (χ3v) is 2.94. The molecule has 0 atom stereocenters. The lowest BCUT2D eigenvalue weighted by Gasteiger charge is -1.97. The van der Waals surface area contributed by atoms with Crippen LogP contribution in [0.15, 0.2) is 22.6 Å². The van der Waals surface area contributed by atoms with Crippen molar-refractivity contribution in [3.05, 3.63) is 29.5 Å². The van der Waals surface area contributed by atoms with Gasteiger partial charge in [0.1, 0.15) is 17.1 Å². The smallest absolute Gasteiger partial charge is 0.134 e. The van der Waals surface area contributed by atoms with E-state index >= 15 is 0 Å². The van der Waals surface area contributed by atoms with E-state index in [0.717, 1.165) is 42.7 Å². The molecule has 0 saturated heterocycles. The van der Waals surface area contributed by atoms with Crippen molar-refractivity contribution in [2.45, 2.75) is 12.8 Å². The lowest BCUT2D eigenvalue weighted by Crippen LogP contribution is -2.16. The van der Waals surface area contributed by atoms with Crippen LogP contribution in [0.3, 0.4) is 0 Å². The van der Waals surface area contributed by atoms with E-state index in [9.17, 15) is 5.11 Å². The van der Waals surface area contributed by atoms with Gasteiger partial charge in [0.2, 0.25) is 0 Å². The van der Waals surface area contributed by atoms with Gasteiger partial charge in [0.15, 0.2) is 0 Å². The summed E-state index contributed by atoms with van der Waals surface area (Å²) in [5, 5.41) is 13.9. The first kappa shape index (κ1) is 8.80. The minimum absolute atomic E-state index is 0.309. The highest BCUT2D eigenvalue weighted by molar-refractivity contribution is 5.83. The Bertz CT molecular complexity index is 502. The number of nitrogens with one attached hydrogen (secondary N) is 1. The van der Waals surface area contributed by atoms with Crippen LogP contribution in [-0.2, 0) is 12.8 Å². The van der Waals surface area contributed by atoms with Crippen molar-refractivity contribution >= 4 is 11.0 Å². The molecule has 0 saturated carbocycles. The van der Waals surface area contributed by atoms with Crippen LogP contribution >= 0.6 is 0 Å². The Morgan fingerprint density at radius 3 is 3.00 bits per heavy atom. The second kappa shape index (κ2) is 3.28. The number of fused-ring (bicyclic) bond motifs is 3. The summed E-state index contributed by atoms with van der Waals surface area (Å²) in [4.78, 5) is 0. The molecule has 78 valence electrons. The highest BCUT2D eigenvalue weighted by Gasteiger charge is 2.16. The van der Waals surface area contributed by atoms with Crippen LogP contribution in [0.1, 0.15) is 11.3 Å². The molecule has 1 aliphatic rings. The Morgan fingerprint density at radius 1 is 1.20 bits per heavy atom. The quantitative estimate of drug-likeness (QED) is 0.686. The summed E-state index contributed by atoms with van der Waals surface area (Å²) in [5.41, 5.74) is 2.14. The minimum atomic E-state index is 0.309. The van der Waals surface area contributed by atoms with Gasteiger partial charge in [-0.25, -0.2) is 0 Å². The van der Waals surface area contributed by atoms with E-state index in [1.54, 1.807) is 12.1 Å². The molecule has 0 spiro atoms. The van der Waals surface area contributed by atoms with Crippen molar-refractivity contribution in [1.82, 2.24) is 5.32 Å². The third-order valence-electron chi connectivity index (χ3n) is 2.94. The number of hydrogen-bond donors (Lipinski definition) is 2. The van der Waals surface area contributed by atoms with Gasteiger partial charge in [-0.15, -0.1) is 0 Å². The normalized spacial score (nSPS) is 16.3. The fourth-order valence-corrected chi connectivity index (χ4v) is 2.20. The lowest BCUT2D eigenvalue weighted by atomic mass is 10.1. The highest BCUT2D eigenvalue weighted by Crippen LogP contribution is 2.30. The van der Waals surface area contributed by atoms with Gasteiger partial charge in [-0.1, -0.05) is 0 Å². The van der Waals surface area contributed by atoms with Gasteiger partial charge in [0.05, 0.1) is 0 Å². The van der Waals surface area contributed by atoms with Crippen LogP contribution < -0.4 is 5.32 Å². The van der Waals surface area contributed by atoms with Crippen LogP contribution in [0.4, 0.5) is 0 Å². The molecule has 1 aromatic carbocycles. The lowest BCUT2D eigenvalue weighted by molar-refractivity contribution is 0.475. The van der Waals surface area contributed by atoms with E-state index in [1.807, 2.05) is 6.07 Å². The SMILES string of the molecule is Oc1ccc2oc3c(c2c1)CCNCC3. The van der Waals surface area contributed by atoms with Gasteiger partial charge in [-0.05, 0) is 31.2 Å². The summed E-state index contributed by atoms with van der Waals surface area (Å²) in [6.07, 6.45) is 1.91. The molecule has 2 N–H and O–H groups in total. The number of benzene rings is 1. The number of phenolic OH excluding ortho intramolecular Hbond substituents is 1. The maximum absolute atomic E-state index is 9.46. The van der Waals surface area contributed by atoms with Crippen molar-refractivity contribution in [1.29, 1.82) is 0 Å². The van der Waals surface area contributed by atoms with Crippen molar-refractivity contribution in [2.75, 3.05) is 13.1 Å². The Hall–Kier alpha value is -1.48. The van der Waals surface area contributed by atoms with Gasteiger partial charge >= 0.3 is 0 Å². The molecular formula is C12H13NO2. The Balaban J connectivity index is 2.24. The molecule has 0 bridgehead atoms. The number of aromatic hydroxyl groups is 1. The molecule has 0 amide bonds. The monoisotopic (exact) mass is 203 g/mol. The zero-order valence-corrected chi connectivity index (χ0v) is 8.42. The van der Waals surface area contributed by atoms with Crippen LogP contribution in [0.25, 0.3) is 11.0 Å². The second-order valence-electron chi connectivity index (χ2n) is 3.93. The van der Waals surface area contributed by atoms with Crippen LogP contribution in [0.2, 0.25) is 0 Å². The largest absolute Gasteiger partial charge is 0.508 e. The van der Waals surface area contributed by atoms with Crippen molar-refractivity contribution in [3.63, 3.8) is 0 Å². The number of hydrogen-bond acceptors (Lipinski definition) is 3. The van der Waals surface area contributed by atoms with Crippen LogP contribution in [0.5, 0.6) is 5.75 Å². The van der Waals surface area contributed by atoms with E-state index < -0.39 is 0 Å². The molecule has 0 radical (unpaired) electrons. The average molecular weight is 203 g/mol. The summed E-state index contributed by atoms with van der Waals surface area (Å²) in [6, 6.07) is 5.30. The Labute approximate surface area is 87.7 Å². The van der Waals surface area contributed by atoms with Gasteiger partial charge in [0, 0.05) is 23.9 Å². The third kappa shape index (κ3) is 1.39. The van der Waals surface area contributed by atoms with Gasteiger partial charge in [-0.2, -0.15) is 0 Å². The minimum Gasteiger partial charge on any atom is -0.508 e. The molecule has 0 unspecified atom stereocenters. The molecule has 1 aromatic heterocycles. The fraction of sp³-hybridized carbons (Fsp3) is 0.333. The van der Waals surface area contributed by atoms with Gasteiger partial charge in [-0.3, -0.25) is 0 Å². The van der Waals surface area contributed by atoms with Crippen molar-refractivity contribution < 1.29 is 9.52 Å². The molecule has 15 heavy (non-hydrogen) atoms. The molecule has 3 rings (SSSR count). The molecular weight excluding hydrogens is 190 g/mol. The highest BCUT2D eigenvalue weighted by atomic mass is 16.3. The maximum Gasteiger partial charge on any atom is 0.134 e. The standard InChI is InChI=1S/C12H13NO2/c14-8-1-2-11-10(7-8)9-3-5-13-6-4-12(9)15-11/h1-2,7,13-14H,3-6H2. The van der Waals surface area contributed by atoms with Gasteiger partial charge in [0.25, 0.3) is 0 Å². The number of furan rings is 1. The average Bonchev–Trinajstić information content (AvgIpc) is 2.44. The fourth-order valence-electron chi connectivity index (χ4n) is 2.20. The second-order valence-corrected chi connectivity index (χ2v) is 3.93. The van der Waals surface area contributed by atoms with Crippen LogP contribution in [0, 0.1) is 0 Å². The Morgan fingerprint density at radius 2 is 2.07 bits per heavy atom. The molecule has 0 fully saturated rings. The molecule has 1 aliphatic heterocycles. The van der Waals surface area contributed by atoms with E-state index in [1.165, 1.54) is 5.56 Å². The summed E-state index contributed by atoms with van der Waals surface area (Å²) >= 11 is 0. The van der Waals surface area contributed by atoms with Crippen molar-refractivity contribution in [3.8, 4) is 5.75 Å². The zero-order chi connectivity index (χ0) is 10.3. The Kier molecular flexibility index (Phi) is 1.92. The predicted molar refractivity (Wildman–Crippen MR) is 58.2 cm³/mol. The topological polar surface area (TPSA) is 45.4 Å². The van der Waals surface area contributed by atoms with E-state index in [0.29, 0.717) is 5.75 Å². The first-order valence-electron chi connectivity index (χ1n) is 5.28. The number of phenols is 1. The summed E-state index contributed by atoms with van der Waals surface area (Å²) in [5.74, 6) is 1.38. The molecule has 3 heteroatoms. The molecule has 0 aliphatic carbocycles. The summed E-state index contributed by atoms with van der Waals surface area (Å²) in [7, 11) is 0. The maximum atomic E-state index is 9.46. The molecule has 2 heterocycles. The van der Waals surface area contributed by atoms with Crippen molar-refractivity contribution in [2.24, 2.45) is 0 Å². The first-order valence-corrected chi connectivity index (χ1v) is 5.28. The summed E-state index contributed by atoms with van der Waals surface area (Å²) < 4.78 is 5.77. The van der Waals surface area contributed by atoms with Crippen LogP contribution in [-0.4, -0.2) is 18.2 Å². The van der Waals surface area contributed by atoms with Gasteiger partial charge < -0.3 is 14.8 Å². The molecule has 3 nitrogen and oxygen atoms in total. The number of rotatable bonds is 0. The van der Waals surface area contributed by atoms with E-state index in [4.69, 9.17) is 4.42 Å². The van der Waals surface area contributed by atoms with E-state index in [2.05, 4.69) is 5.32 Å². The predicted octanol–water partition coefficient (Wildman–Crippen LogP) is 1.83. The zero-order valence-electron chi connectivity index (χ0n) is 8.42.